The first kappa shape index (κ1) is 24.0. The SMILES string of the molecule is COc1ccc2c3c1OC1C4(OC)C=C[C@@]5(CC4NC(=O)CCc4ccccc4)[C@H](C2)N(CC2CC2)CC[C@]315. The third-order valence-corrected chi connectivity index (χ3v) is 11.1. The summed E-state index contributed by atoms with van der Waals surface area (Å²) in [6.45, 7) is 2.27. The average molecular weight is 527 g/mol. The fourth-order valence-corrected chi connectivity index (χ4v) is 9.26. The highest BCUT2D eigenvalue weighted by Gasteiger charge is 2.79. The van der Waals surface area contributed by atoms with E-state index in [2.05, 4.69) is 46.6 Å². The third-order valence-electron chi connectivity index (χ3n) is 11.1. The fourth-order valence-electron chi connectivity index (χ4n) is 9.26. The van der Waals surface area contributed by atoms with Gasteiger partial charge in [0.2, 0.25) is 5.91 Å². The molecule has 2 heterocycles. The number of likely N-dealkylation sites (tertiary alicyclic amines) is 1. The van der Waals surface area contributed by atoms with Crippen LogP contribution in [0.15, 0.2) is 54.6 Å². The molecule has 9 rings (SSSR count). The van der Waals surface area contributed by atoms with E-state index in [1.807, 2.05) is 18.2 Å². The summed E-state index contributed by atoms with van der Waals surface area (Å²) in [6.07, 6.45) is 11.4. The lowest BCUT2D eigenvalue weighted by Gasteiger charge is -2.71. The van der Waals surface area contributed by atoms with Crippen LogP contribution in [0.5, 0.6) is 11.5 Å². The van der Waals surface area contributed by atoms with Crippen molar-refractivity contribution in [2.45, 2.75) is 74.1 Å². The number of nitrogens with zero attached hydrogens (tertiary/aromatic N) is 1. The summed E-state index contributed by atoms with van der Waals surface area (Å²) in [5.41, 5.74) is 2.92. The van der Waals surface area contributed by atoms with Gasteiger partial charge >= 0.3 is 0 Å². The zero-order chi connectivity index (χ0) is 26.4. The minimum atomic E-state index is -0.730. The van der Waals surface area contributed by atoms with Crippen molar-refractivity contribution >= 4 is 5.91 Å². The molecule has 6 heteroatoms. The van der Waals surface area contributed by atoms with E-state index < -0.39 is 5.60 Å². The van der Waals surface area contributed by atoms with Crippen molar-refractivity contribution in [2.75, 3.05) is 27.3 Å². The maximum absolute atomic E-state index is 13.4. The van der Waals surface area contributed by atoms with Gasteiger partial charge in [-0.2, -0.15) is 0 Å². The van der Waals surface area contributed by atoms with Crippen LogP contribution in [0.4, 0.5) is 0 Å². The molecule has 5 aliphatic carbocycles. The minimum Gasteiger partial charge on any atom is -0.493 e. The Morgan fingerprint density at radius 1 is 1.13 bits per heavy atom. The summed E-state index contributed by atoms with van der Waals surface area (Å²) < 4.78 is 19.3. The van der Waals surface area contributed by atoms with Crippen LogP contribution in [0.2, 0.25) is 0 Å². The van der Waals surface area contributed by atoms with Gasteiger partial charge in [0, 0.05) is 37.1 Å². The minimum absolute atomic E-state index is 0.0799. The summed E-state index contributed by atoms with van der Waals surface area (Å²) in [6, 6.07) is 14.8. The number of benzene rings is 2. The predicted octanol–water partition coefficient (Wildman–Crippen LogP) is 4.20. The number of carbonyl (C=O) groups is 1. The second-order valence-corrected chi connectivity index (χ2v) is 12.7. The molecule has 2 aromatic carbocycles. The molecule has 204 valence electrons. The zero-order valence-corrected chi connectivity index (χ0v) is 22.9. The first-order valence-corrected chi connectivity index (χ1v) is 14.7. The van der Waals surface area contributed by atoms with Gasteiger partial charge in [0.05, 0.1) is 18.6 Å². The highest BCUT2D eigenvalue weighted by molar-refractivity contribution is 5.77. The molecule has 0 radical (unpaired) electrons. The smallest absolute Gasteiger partial charge is 0.220 e. The van der Waals surface area contributed by atoms with Crippen molar-refractivity contribution in [1.82, 2.24) is 10.2 Å². The van der Waals surface area contributed by atoms with Crippen LogP contribution >= 0.6 is 0 Å². The second kappa shape index (κ2) is 8.34. The van der Waals surface area contributed by atoms with E-state index in [9.17, 15) is 4.79 Å². The van der Waals surface area contributed by atoms with Gasteiger partial charge in [-0.1, -0.05) is 48.6 Å². The summed E-state index contributed by atoms with van der Waals surface area (Å²) >= 11 is 0. The molecule has 39 heavy (non-hydrogen) atoms. The van der Waals surface area contributed by atoms with Gasteiger partial charge in [-0.05, 0) is 68.2 Å². The van der Waals surface area contributed by atoms with E-state index in [1.54, 1.807) is 14.2 Å². The van der Waals surface area contributed by atoms with E-state index in [1.165, 1.54) is 36.1 Å². The molecule has 2 saturated carbocycles. The highest BCUT2D eigenvalue weighted by atomic mass is 16.6. The number of hydrogen-bond donors (Lipinski definition) is 1. The van der Waals surface area contributed by atoms with Crippen LogP contribution in [-0.4, -0.2) is 61.9 Å². The standard InChI is InChI=1S/C33H38N2O4/c1-37-24-12-11-23-18-26-31-14-15-33(38-2,25(19-31)34-27(36)13-10-21-6-4-3-5-7-21)30-32(31,28(23)29(24)39-30)16-17-35(26)20-22-8-9-22/h3-7,11-12,14-15,22,25-26,30H,8-10,13,16-20H2,1-2H3,(H,34,36)/t25?,26-,30?,31+,32-,33?/m0/s1. The van der Waals surface area contributed by atoms with Gasteiger partial charge in [0.25, 0.3) is 0 Å². The molecule has 3 unspecified atom stereocenters. The number of aryl methyl sites for hydroxylation is 1. The van der Waals surface area contributed by atoms with Crippen molar-refractivity contribution in [3.8, 4) is 11.5 Å². The van der Waals surface area contributed by atoms with Crippen molar-refractivity contribution < 1.29 is 19.0 Å². The fraction of sp³-hybridized carbons (Fsp3) is 0.545. The molecular formula is C33H38N2O4. The Balaban J connectivity index is 1.20. The Hall–Kier alpha value is -2.83. The second-order valence-electron chi connectivity index (χ2n) is 12.7. The molecule has 6 atom stereocenters. The number of fused-ring (bicyclic) bond motifs is 1. The first-order chi connectivity index (χ1) is 19.0. The van der Waals surface area contributed by atoms with Gasteiger partial charge in [-0.25, -0.2) is 0 Å². The molecule has 3 fully saturated rings. The van der Waals surface area contributed by atoms with Crippen LogP contribution in [-0.2, 0) is 27.8 Å². The van der Waals surface area contributed by atoms with Gasteiger partial charge in [0.1, 0.15) is 11.7 Å². The van der Waals surface area contributed by atoms with Crippen molar-refractivity contribution in [1.29, 1.82) is 0 Å². The number of rotatable bonds is 8. The van der Waals surface area contributed by atoms with E-state index in [0.29, 0.717) is 12.5 Å². The van der Waals surface area contributed by atoms with E-state index in [0.717, 1.165) is 49.6 Å². The molecule has 2 aromatic rings. The summed E-state index contributed by atoms with van der Waals surface area (Å²) in [4.78, 5) is 16.2. The average Bonchev–Trinajstić information content (AvgIpc) is 3.71. The number of nitrogens with one attached hydrogen (secondary N) is 1. The van der Waals surface area contributed by atoms with E-state index in [4.69, 9.17) is 14.2 Å². The lowest BCUT2D eigenvalue weighted by molar-refractivity contribution is -0.203. The third kappa shape index (κ3) is 3.08. The maximum atomic E-state index is 13.4. The quantitative estimate of drug-likeness (QED) is 0.523. The Labute approximate surface area is 230 Å². The lowest BCUT2D eigenvalue weighted by atomic mass is 9.38. The van der Waals surface area contributed by atoms with Gasteiger partial charge in [-0.3, -0.25) is 9.69 Å². The van der Waals surface area contributed by atoms with Crippen LogP contribution < -0.4 is 14.8 Å². The molecule has 2 spiro atoms. The predicted molar refractivity (Wildman–Crippen MR) is 148 cm³/mol. The molecule has 1 N–H and O–H groups in total. The van der Waals surface area contributed by atoms with Gasteiger partial charge in [0.15, 0.2) is 11.5 Å². The molecule has 1 amide bonds. The largest absolute Gasteiger partial charge is 0.493 e. The number of amides is 1. The molecule has 4 bridgehead atoms. The Morgan fingerprint density at radius 3 is 2.74 bits per heavy atom. The van der Waals surface area contributed by atoms with E-state index >= 15 is 0 Å². The van der Waals surface area contributed by atoms with Gasteiger partial charge < -0.3 is 19.5 Å². The molecule has 7 aliphatic rings. The molecule has 6 nitrogen and oxygen atoms in total. The topological polar surface area (TPSA) is 60.0 Å². The molecular weight excluding hydrogens is 488 g/mol. The van der Waals surface area contributed by atoms with Crippen LogP contribution in [0.1, 0.15) is 48.8 Å². The molecule has 2 aliphatic heterocycles. The molecule has 0 aromatic heterocycles. The number of carbonyl (C=O) groups excluding carboxylic acids is 1. The first-order valence-electron chi connectivity index (χ1n) is 14.7. The normalized spacial score (nSPS) is 36.8. The Bertz CT molecular complexity index is 1350. The number of methoxy groups -OCH3 is 2. The monoisotopic (exact) mass is 526 g/mol. The van der Waals surface area contributed by atoms with E-state index in [-0.39, 0.29) is 28.9 Å². The summed E-state index contributed by atoms with van der Waals surface area (Å²) in [7, 11) is 3.52. The summed E-state index contributed by atoms with van der Waals surface area (Å²) in [5, 5.41) is 3.47. The number of piperidine rings is 1. The number of ether oxygens (including phenoxy) is 3. The summed E-state index contributed by atoms with van der Waals surface area (Å²) in [5.74, 6) is 2.62. The van der Waals surface area contributed by atoms with Crippen LogP contribution in [0.3, 0.4) is 0 Å². The highest BCUT2D eigenvalue weighted by Crippen LogP contribution is 2.73. The maximum Gasteiger partial charge on any atom is 0.220 e. The van der Waals surface area contributed by atoms with Crippen LogP contribution in [0.25, 0.3) is 0 Å². The molecule has 1 saturated heterocycles. The lowest BCUT2D eigenvalue weighted by Crippen LogP contribution is -2.82. The van der Waals surface area contributed by atoms with Crippen molar-refractivity contribution in [3.05, 3.63) is 71.3 Å². The van der Waals surface area contributed by atoms with Crippen LogP contribution in [0, 0.1) is 11.3 Å². The van der Waals surface area contributed by atoms with Crippen molar-refractivity contribution in [2.24, 2.45) is 11.3 Å². The van der Waals surface area contributed by atoms with Crippen molar-refractivity contribution in [3.63, 3.8) is 0 Å². The Morgan fingerprint density at radius 2 is 1.97 bits per heavy atom. The zero-order valence-electron chi connectivity index (χ0n) is 22.9. The van der Waals surface area contributed by atoms with Gasteiger partial charge in [-0.15, -0.1) is 0 Å². The Kier molecular flexibility index (Phi) is 5.13. The number of hydrogen-bond acceptors (Lipinski definition) is 5.